The van der Waals surface area contributed by atoms with Crippen LogP contribution in [0.2, 0.25) is 0 Å². The Morgan fingerprint density at radius 1 is 0.947 bits per heavy atom. The normalized spacial score (nSPS) is 15.5. The minimum absolute atomic E-state index is 0.631. The summed E-state index contributed by atoms with van der Waals surface area (Å²) in [4.78, 5) is 2.72. The van der Waals surface area contributed by atoms with E-state index in [2.05, 4.69) is 58.7 Å². The van der Waals surface area contributed by atoms with Crippen molar-refractivity contribution in [2.24, 2.45) is 5.92 Å². The lowest BCUT2D eigenvalue weighted by atomic mass is 10.0. The summed E-state index contributed by atoms with van der Waals surface area (Å²) in [6.45, 7) is 18.6. The summed E-state index contributed by atoms with van der Waals surface area (Å²) in [5.41, 5.74) is 0. The van der Waals surface area contributed by atoms with Crippen LogP contribution < -0.4 is 5.32 Å². The number of hydrogen-bond donors (Lipinski definition) is 1. The van der Waals surface area contributed by atoms with Crippen LogP contribution in [-0.4, -0.2) is 36.1 Å². The second kappa shape index (κ2) is 10.7. The summed E-state index contributed by atoms with van der Waals surface area (Å²) in [6.07, 6.45) is 5.07. The molecule has 2 atom stereocenters. The largest absolute Gasteiger partial charge is 0.313 e. The van der Waals surface area contributed by atoms with Gasteiger partial charge in [-0.3, -0.25) is 4.90 Å². The number of rotatable bonds is 11. The van der Waals surface area contributed by atoms with E-state index in [9.17, 15) is 0 Å². The van der Waals surface area contributed by atoms with Crippen molar-refractivity contribution in [1.29, 1.82) is 0 Å². The quantitative estimate of drug-likeness (QED) is 0.602. The summed E-state index contributed by atoms with van der Waals surface area (Å²) < 4.78 is 0. The van der Waals surface area contributed by atoms with Crippen LogP contribution in [0.25, 0.3) is 0 Å². The molecule has 0 saturated heterocycles. The zero-order valence-electron chi connectivity index (χ0n) is 14.5. The van der Waals surface area contributed by atoms with Crippen LogP contribution in [0.1, 0.15) is 74.1 Å². The monoisotopic (exact) mass is 270 g/mol. The van der Waals surface area contributed by atoms with Gasteiger partial charge in [0.15, 0.2) is 0 Å². The van der Waals surface area contributed by atoms with Gasteiger partial charge in [-0.1, -0.05) is 41.0 Å². The van der Waals surface area contributed by atoms with Crippen molar-refractivity contribution in [1.82, 2.24) is 10.2 Å². The third-order valence-electron chi connectivity index (χ3n) is 4.04. The molecular weight excluding hydrogens is 232 g/mol. The molecule has 0 saturated carbocycles. The molecule has 2 unspecified atom stereocenters. The molecule has 0 aliphatic carbocycles. The maximum atomic E-state index is 3.70. The van der Waals surface area contributed by atoms with Crippen LogP contribution in [0.5, 0.6) is 0 Å². The molecule has 0 aromatic carbocycles. The molecule has 0 aromatic heterocycles. The highest BCUT2D eigenvalue weighted by atomic mass is 15.2. The van der Waals surface area contributed by atoms with Gasteiger partial charge in [0.25, 0.3) is 0 Å². The molecule has 0 fully saturated rings. The van der Waals surface area contributed by atoms with Crippen LogP contribution >= 0.6 is 0 Å². The first-order valence-corrected chi connectivity index (χ1v) is 8.45. The summed E-state index contributed by atoms with van der Waals surface area (Å²) in [5, 5.41) is 3.70. The van der Waals surface area contributed by atoms with Crippen molar-refractivity contribution in [2.75, 3.05) is 13.1 Å². The van der Waals surface area contributed by atoms with Gasteiger partial charge in [-0.05, 0) is 39.0 Å². The predicted octanol–water partition coefficient (Wildman–Crippen LogP) is 4.30. The lowest BCUT2D eigenvalue weighted by molar-refractivity contribution is 0.115. The summed E-state index contributed by atoms with van der Waals surface area (Å²) in [7, 11) is 0. The fourth-order valence-electron chi connectivity index (χ4n) is 2.89. The Bertz CT molecular complexity index is 199. The molecule has 19 heavy (non-hydrogen) atoms. The topological polar surface area (TPSA) is 15.3 Å². The molecule has 0 heterocycles. The second-order valence-corrected chi connectivity index (χ2v) is 6.51. The van der Waals surface area contributed by atoms with Gasteiger partial charge in [0.05, 0.1) is 0 Å². The molecule has 0 spiro atoms. The van der Waals surface area contributed by atoms with E-state index < -0.39 is 0 Å². The lowest BCUT2D eigenvalue weighted by Gasteiger charge is -2.37. The third-order valence-corrected chi connectivity index (χ3v) is 4.04. The first-order chi connectivity index (χ1) is 8.96. The van der Waals surface area contributed by atoms with Gasteiger partial charge in [-0.25, -0.2) is 0 Å². The molecule has 0 radical (unpaired) electrons. The fourth-order valence-corrected chi connectivity index (χ4v) is 2.89. The first-order valence-electron chi connectivity index (χ1n) is 8.45. The highest BCUT2D eigenvalue weighted by Gasteiger charge is 2.21. The SMILES string of the molecule is CCCC(C)NCC(C)N(CC(C)C)C(CC)CC. The van der Waals surface area contributed by atoms with Crippen molar-refractivity contribution in [2.45, 2.75) is 92.3 Å². The molecule has 0 bridgehead atoms. The zero-order chi connectivity index (χ0) is 14.8. The van der Waals surface area contributed by atoms with E-state index in [0.29, 0.717) is 12.1 Å². The van der Waals surface area contributed by atoms with E-state index in [0.717, 1.165) is 18.5 Å². The van der Waals surface area contributed by atoms with Crippen LogP contribution in [0.15, 0.2) is 0 Å². The highest BCUT2D eigenvalue weighted by Crippen LogP contribution is 2.15. The van der Waals surface area contributed by atoms with E-state index in [1.165, 1.54) is 32.2 Å². The van der Waals surface area contributed by atoms with Crippen molar-refractivity contribution >= 4 is 0 Å². The molecule has 0 aromatic rings. The Morgan fingerprint density at radius 3 is 1.95 bits per heavy atom. The maximum Gasteiger partial charge on any atom is 0.0195 e. The Morgan fingerprint density at radius 2 is 1.53 bits per heavy atom. The third kappa shape index (κ3) is 7.94. The molecule has 1 N–H and O–H groups in total. The van der Waals surface area contributed by atoms with Crippen LogP contribution in [-0.2, 0) is 0 Å². The van der Waals surface area contributed by atoms with Gasteiger partial charge in [-0.15, -0.1) is 0 Å². The lowest BCUT2D eigenvalue weighted by Crippen LogP contribution is -2.48. The maximum absolute atomic E-state index is 3.70. The van der Waals surface area contributed by atoms with Gasteiger partial charge in [0.2, 0.25) is 0 Å². The molecule has 0 aliphatic heterocycles. The smallest absolute Gasteiger partial charge is 0.0195 e. The van der Waals surface area contributed by atoms with E-state index in [4.69, 9.17) is 0 Å². The Kier molecular flexibility index (Phi) is 10.6. The summed E-state index contributed by atoms with van der Waals surface area (Å²) in [6, 6.07) is 2.02. The number of nitrogens with zero attached hydrogens (tertiary/aromatic N) is 1. The predicted molar refractivity (Wildman–Crippen MR) is 87.7 cm³/mol. The molecule has 116 valence electrons. The Hall–Kier alpha value is -0.0800. The Labute approximate surface area is 122 Å². The fraction of sp³-hybridized carbons (Fsp3) is 1.00. The van der Waals surface area contributed by atoms with Crippen molar-refractivity contribution in [3.63, 3.8) is 0 Å². The minimum Gasteiger partial charge on any atom is -0.313 e. The average Bonchev–Trinajstić information content (AvgIpc) is 2.36. The number of hydrogen-bond acceptors (Lipinski definition) is 2. The molecular formula is C17H38N2. The zero-order valence-corrected chi connectivity index (χ0v) is 14.5. The van der Waals surface area contributed by atoms with Gasteiger partial charge < -0.3 is 5.32 Å². The molecule has 0 aliphatic rings. The van der Waals surface area contributed by atoms with E-state index >= 15 is 0 Å². The van der Waals surface area contributed by atoms with Crippen molar-refractivity contribution < 1.29 is 0 Å². The standard InChI is InChI=1S/C17H38N2/c1-8-11-15(6)18-12-16(7)19(13-14(4)5)17(9-2)10-3/h14-18H,8-13H2,1-7H3. The average molecular weight is 271 g/mol. The second-order valence-electron chi connectivity index (χ2n) is 6.51. The minimum atomic E-state index is 0.631. The van der Waals surface area contributed by atoms with Crippen molar-refractivity contribution in [3.05, 3.63) is 0 Å². The van der Waals surface area contributed by atoms with Gasteiger partial charge in [-0.2, -0.15) is 0 Å². The number of nitrogens with one attached hydrogen (secondary N) is 1. The van der Waals surface area contributed by atoms with E-state index in [-0.39, 0.29) is 0 Å². The summed E-state index contributed by atoms with van der Waals surface area (Å²) in [5.74, 6) is 0.746. The molecule has 0 rings (SSSR count). The first kappa shape index (κ1) is 18.9. The molecule has 0 amide bonds. The Balaban J connectivity index is 4.40. The van der Waals surface area contributed by atoms with Gasteiger partial charge >= 0.3 is 0 Å². The molecule has 2 nitrogen and oxygen atoms in total. The van der Waals surface area contributed by atoms with Crippen LogP contribution in [0.3, 0.4) is 0 Å². The van der Waals surface area contributed by atoms with Gasteiger partial charge in [0.1, 0.15) is 0 Å². The van der Waals surface area contributed by atoms with Crippen molar-refractivity contribution in [3.8, 4) is 0 Å². The molecule has 2 heteroatoms. The van der Waals surface area contributed by atoms with Crippen LogP contribution in [0, 0.1) is 5.92 Å². The van der Waals surface area contributed by atoms with E-state index in [1.54, 1.807) is 0 Å². The van der Waals surface area contributed by atoms with Gasteiger partial charge in [0, 0.05) is 31.2 Å². The van der Waals surface area contributed by atoms with Crippen LogP contribution in [0.4, 0.5) is 0 Å². The van der Waals surface area contributed by atoms with E-state index in [1.807, 2.05) is 0 Å². The highest BCUT2D eigenvalue weighted by molar-refractivity contribution is 4.78. The summed E-state index contributed by atoms with van der Waals surface area (Å²) >= 11 is 0.